The van der Waals surface area contributed by atoms with Gasteiger partial charge in [-0.25, -0.2) is 19.7 Å². The van der Waals surface area contributed by atoms with E-state index in [4.69, 9.17) is 0 Å². The minimum absolute atomic E-state index is 0.267. The molecular weight excluding hydrogens is 423 g/mol. The number of benzene rings is 1. The van der Waals surface area contributed by atoms with Crippen LogP contribution < -0.4 is 20.4 Å². The lowest BCUT2D eigenvalue weighted by Crippen LogP contribution is -2.47. The Balaban J connectivity index is 1.33. The fourth-order valence-corrected chi connectivity index (χ4v) is 3.35. The van der Waals surface area contributed by atoms with Crippen molar-refractivity contribution in [2.45, 2.75) is 6.18 Å². The van der Waals surface area contributed by atoms with Crippen LogP contribution >= 0.6 is 0 Å². The molecule has 3 aromatic rings. The van der Waals surface area contributed by atoms with Crippen molar-refractivity contribution >= 4 is 29.2 Å². The molecule has 2 amide bonds. The maximum Gasteiger partial charge on any atom is 0.418 e. The van der Waals surface area contributed by atoms with Crippen molar-refractivity contribution in [1.29, 1.82) is 0 Å². The molecule has 0 saturated carbocycles. The second-order valence-electron chi connectivity index (χ2n) is 7.06. The number of alkyl halides is 3. The summed E-state index contributed by atoms with van der Waals surface area (Å²) in [5.41, 5.74) is -0.990. The van der Waals surface area contributed by atoms with E-state index in [0.29, 0.717) is 19.0 Å². The summed E-state index contributed by atoms with van der Waals surface area (Å²) < 4.78 is 39.2. The fourth-order valence-electron chi connectivity index (χ4n) is 3.35. The van der Waals surface area contributed by atoms with Crippen LogP contribution in [-0.2, 0) is 6.18 Å². The molecule has 1 aliphatic heterocycles. The molecule has 1 aromatic carbocycles. The van der Waals surface area contributed by atoms with Gasteiger partial charge in [-0.3, -0.25) is 0 Å². The molecule has 3 heterocycles. The zero-order chi connectivity index (χ0) is 22.6. The number of para-hydroxylation sites is 1. The van der Waals surface area contributed by atoms with Crippen LogP contribution in [-0.4, -0.2) is 47.2 Å². The minimum atomic E-state index is -4.57. The topological polar surface area (TPSA) is 86.3 Å². The van der Waals surface area contributed by atoms with Gasteiger partial charge in [-0.2, -0.15) is 13.2 Å². The Morgan fingerprint density at radius 3 is 2.16 bits per heavy atom. The standard InChI is InChI=1S/C21H20F3N7O/c22-21(23,24)16-5-1-2-6-17(16)29-20(32)28-15-13-26-19(27-14-15)31-11-9-30(10-12-31)18-7-3-4-8-25-18/h1-8,13-14H,9-12H2,(H2,28,29,32). The maximum absolute atomic E-state index is 13.1. The van der Waals surface area contributed by atoms with E-state index >= 15 is 0 Å². The monoisotopic (exact) mass is 443 g/mol. The lowest BCUT2D eigenvalue weighted by Gasteiger charge is -2.35. The van der Waals surface area contributed by atoms with Crippen molar-refractivity contribution in [2.24, 2.45) is 0 Å². The van der Waals surface area contributed by atoms with E-state index < -0.39 is 17.8 Å². The number of pyridine rings is 1. The van der Waals surface area contributed by atoms with Crippen LogP contribution in [0.25, 0.3) is 0 Å². The van der Waals surface area contributed by atoms with Crippen molar-refractivity contribution in [3.05, 3.63) is 66.6 Å². The molecule has 11 heteroatoms. The Bertz CT molecular complexity index is 1050. The molecule has 1 saturated heterocycles. The molecule has 1 aliphatic rings. The number of rotatable bonds is 4. The summed E-state index contributed by atoms with van der Waals surface area (Å²) in [6.45, 7) is 2.94. The van der Waals surface area contributed by atoms with Crippen LogP contribution in [0.1, 0.15) is 5.56 Å². The molecule has 2 aromatic heterocycles. The van der Waals surface area contributed by atoms with Crippen LogP contribution in [0.2, 0.25) is 0 Å². The molecule has 4 rings (SSSR count). The molecule has 0 unspecified atom stereocenters. The number of amides is 2. The van der Waals surface area contributed by atoms with Gasteiger partial charge in [-0.05, 0) is 24.3 Å². The molecular formula is C21H20F3N7O. The van der Waals surface area contributed by atoms with E-state index in [0.717, 1.165) is 25.0 Å². The molecule has 0 radical (unpaired) electrons. The Hall–Kier alpha value is -3.89. The van der Waals surface area contributed by atoms with Crippen LogP contribution in [0, 0.1) is 0 Å². The van der Waals surface area contributed by atoms with Gasteiger partial charge in [0, 0.05) is 32.4 Å². The van der Waals surface area contributed by atoms with E-state index in [1.54, 1.807) is 6.20 Å². The third-order valence-electron chi connectivity index (χ3n) is 4.91. The Kier molecular flexibility index (Phi) is 6.06. The molecule has 0 aliphatic carbocycles. The summed E-state index contributed by atoms with van der Waals surface area (Å²) in [6, 6.07) is 9.73. The SMILES string of the molecule is O=C(Nc1cnc(N2CCN(c3ccccn3)CC2)nc1)Nc1ccccc1C(F)(F)F. The molecule has 2 N–H and O–H groups in total. The Labute approximate surface area is 182 Å². The fraction of sp³-hybridized carbons (Fsp3) is 0.238. The highest BCUT2D eigenvalue weighted by Crippen LogP contribution is 2.34. The van der Waals surface area contributed by atoms with Crippen molar-refractivity contribution < 1.29 is 18.0 Å². The van der Waals surface area contributed by atoms with Gasteiger partial charge in [0.05, 0.1) is 29.3 Å². The molecule has 0 bridgehead atoms. The predicted octanol–water partition coefficient (Wildman–Crippen LogP) is 3.86. The number of carbonyl (C=O) groups is 1. The first-order chi connectivity index (χ1) is 15.4. The summed E-state index contributed by atoms with van der Waals surface area (Å²) in [6.07, 6.45) is 0.0229. The zero-order valence-corrected chi connectivity index (χ0v) is 16.9. The highest BCUT2D eigenvalue weighted by atomic mass is 19.4. The smallest absolute Gasteiger partial charge is 0.353 e. The number of halogens is 3. The molecule has 1 fully saturated rings. The highest BCUT2D eigenvalue weighted by Gasteiger charge is 2.33. The number of anilines is 4. The van der Waals surface area contributed by atoms with Gasteiger partial charge in [-0.1, -0.05) is 18.2 Å². The second-order valence-corrected chi connectivity index (χ2v) is 7.06. The average molecular weight is 443 g/mol. The van der Waals surface area contributed by atoms with Crippen molar-refractivity contribution in [2.75, 3.05) is 46.6 Å². The first-order valence-electron chi connectivity index (χ1n) is 9.87. The number of carbonyl (C=O) groups excluding carboxylic acids is 1. The maximum atomic E-state index is 13.1. The van der Waals surface area contributed by atoms with E-state index in [-0.39, 0.29) is 11.4 Å². The number of nitrogens with zero attached hydrogens (tertiary/aromatic N) is 5. The van der Waals surface area contributed by atoms with Gasteiger partial charge in [0.1, 0.15) is 5.82 Å². The predicted molar refractivity (Wildman–Crippen MR) is 115 cm³/mol. The molecule has 166 valence electrons. The minimum Gasteiger partial charge on any atom is -0.353 e. The number of nitrogens with one attached hydrogen (secondary N) is 2. The third kappa shape index (κ3) is 5.05. The van der Waals surface area contributed by atoms with Crippen molar-refractivity contribution in [3.63, 3.8) is 0 Å². The van der Waals surface area contributed by atoms with Gasteiger partial charge in [0.2, 0.25) is 5.95 Å². The number of hydrogen-bond donors (Lipinski definition) is 2. The van der Waals surface area contributed by atoms with Crippen LogP contribution in [0.15, 0.2) is 61.1 Å². The summed E-state index contributed by atoms with van der Waals surface area (Å²) in [5.74, 6) is 1.43. The summed E-state index contributed by atoms with van der Waals surface area (Å²) in [5, 5.41) is 4.67. The van der Waals surface area contributed by atoms with Gasteiger partial charge in [0.15, 0.2) is 0 Å². The van der Waals surface area contributed by atoms with Crippen LogP contribution in [0.3, 0.4) is 0 Å². The van der Waals surface area contributed by atoms with E-state index in [2.05, 4.69) is 30.5 Å². The largest absolute Gasteiger partial charge is 0.418 e. The summed E-state index contributed by atoms with van der Waals surface area (Å²) in [4.78, 5) is 29.3. The quantitative estimate of drug-likeness (QED) is 0.637. The van der Waals surface area contributed by atoms with Gasteiger partial charge in [-0.15, -0.1) is 0 Å². The molecule has 8 nitrogen and oxygen atoms in total. The van der Waals surface area contributed by atoms with E-state index in [1.807, 2.05) is 23.1 Å². The molecule has 0 atom stereocenters. The lowest BCUT2D eigenvalue weighted by molar-refractivity contribution is -0.136. The molecule has 0 spiro atoms. The normalized spacial score (nSPS) is 14.2. The van der Waals surface area contributed by atoms with Gasteiger partial charge >= 0.3 is 12.2 Å². The summed E-state index contributed by atoms with van der Waals surface area (Å²) in [7, 11) is 0. The second kappa shape index (κ2) is 9.08. The number of urea groups is 1. The number of hydrogen-bond acceptors (Lipinski definition) is 6. The van der Waals surface area contributed by atoms with Crippen molar-refractivity contribution in [1.82, 2.24) is 15.0 Å². The van der Waals surface area contributed by atoms with Gasteiger partial charge < -0.3 is 20.4 Å². The lowest BCUT2D eigenvalue weighted by atomic mass is 10.1. The first kappa shape index (κ1) is 21.3. The van der Waals surface area contributed by atoms with E-state index in [9.17, 15) is 18.0 Å². The average Bonchev–Trinajstić information content (AvgIpc) is 2.80. The van der Waals surface area contributed by atoms with Crippen LogP contribution in [0.5, 0.6) is 0 Å². The van der Waals surface area contributed by atoms with Crippen LogP contribution in [0.4, 0.5) is 41.1 Å². The van der Waals surface area contributed by atoms with E-state index in [1.165, 1.54) is 30.6 Å². The Morgan fingerprint density at radius 1 is 0.844 bits per heavy atom. The first-order valence-corrected chi connectivity index (χ1v) is 9.87. The highest BCUT2D eigenvalue weighted by molar-refractivity contribution is 6.00. The van der Waals surface area contributed by atoms with Gasteiger partial charge in [0.25, 0.3) is 0 Å². The molecule has 32 heavy (non-hydrogen) atoms. The summed E-state index contributed by atoms with van der Waals surface area (Å²) >= 11 is 0. The zero-order valence-electron chi connectivity index (χ0n) is 16.9. The van der Waals surface area contributed by atoms with Crippen molar-refractivity contribution in [3.8, 4) is 0 Å². The number of aromatic nitrogens is 3. The Morgan fingerprint density at radius 2 is 1.50 bits per heavy atom. The third-order valence-corrected chi connectivity index (χ3v) is 4.91. The number of piperazine rings is 1.